The van der Waals surface area contributed by atoms with Crippen molar-refractivity contribution in [2.24, 2.45) is 5.92 Å². The maximum Gasteiger partial charge on any atom is 0.122 e. The first-order chi connectivity index (χ1) is 12.0. The Labute approximate surface area is 158 Å². The maximum absolute atomic E-state index is 11.0. The van der Waals surface area contributed by atoms with E-state index >= 15 is 0 Å². The Bertz CT molecular complexity index is 722. The minimum absolute atomic E-state index is 0.0511. The number of aromatic hydroxyl groups is 2. The van der Waals surface area contributed by atoms with E-state index in [-0.39, 0.29) is 23.7 Å². The average Bonchev–Trinajstić information content (AvgIpc) is 2.52. The summed E-state index contributed by atoms with van der Waals surface area (Å²) in [5.74, 6) is 1.44. The Hall–Kier alpha value is -1.96. The largest absolute Gasteiger partial charge is 0.507 e. The van der Waals surface area contributed by atoms with Crippen molar-refractivity contribution in [2.75, 3.05) is 0 Å². The van der Waals surface area contributed by atoms with Crippen LogP contribution < -0.4 is 0 Å². The third-order valence-electron chi connectivity index (χ3n) is 5.21. The highest BCUT2D eigenvalue weighted by molar-refractivity contribution is 5.55. The van der Waals surface area contributed by atoms with Gasteiger partial charge in [-0.2, -0.15) is 0 Å². The van der Waals surface area contributed by atoms with Crippen LogP contribution in [0.25, 0.3) is 0 Å². The molecule has 0 spiro atoms. The summed E-state index contributed by atoms with van der Waals surface area (Å²) < 4.78 is 0. The van der Waals surface area contributed by atoms with Gasteiger partial charge < -0.3 is 10.2 Å². The molecule has 0 aliphatic rings. The molecule has 0 saturated heterocycles. The smallest absolute Gasteiger partial charge is 0.122 e. The first-order valence-corrected chi connectivity index (χ1v) is 9.71. The van der Waals surface area contributed by atoms with Gasteiger partial charge in [0.05, 0.1) is 0 Å². The van der Waals surface area contributed by atoms with Gasteiger partial charge in [-0.15, -0.1) is 0 Å². The van der Waals surface area contributed by atoms with Crippen molar-refractivity contribution in [1.82, 2.24) is 0 Å². The molecule has 0 aliphatic carbocycles. The van der Waals surface area contributed by atoms with Crippen molar-refractivity contribution in [3.05, 3.63) is 57.6 Å². The Morgan fingerprint density at radius 1 is 0.577 bits per heavy atom. The molecule has 2 aromatic carbocycles. The lowest BCUT2D eigenvalue weighted by atomic mass is 9.78. The fraction of sp³-hybridized carbons (Fsp3) is 0.500. The zero-order chi connectivity index (χ0) is 19.8. The van der Waals surface area contributed by atoms with E-state index in [1.54, 1.807) is 0 Å². The molecule has 0 saturated carbocycles. The predicted molar refractivity (Wildman–Crippen MR) is 111 cm³/mol. The summed E-state index contributed by atoms with van der Waals surface area (Å²) in [7, 11) is 0. The van der Waals surface area contributed by atoms with E-state index in [0.29, 0.717) is 11.5 Å². The van der Waals surface area contributed by atoms with E-state index in [2.05, 4.69) is 79.7 Å². The average molecular weight is 355 g/mol. The van der Waals surface area contributed by atoms with Gasteiger partial charge in [0.2, 0.25) is 0 Å². The van der Waals surface area contributed by atoms with Crippen molar-refractivity contribution in [3.63, 3.8) is 0 Å². The second-order valence-electron chi connectivity index (χ2n) is 8.62. The second-order valence-corrected chi connectivity index (χ2v) is 8.62. The number of hydrogen-bond donors (Lipinski definition) is 2. The molecule has 142 valence electrons. The third kappa shape index (κ3) is 3.90. The van der Waals surface area contributed by atoms with Crippen molar-refractivity contribution < 1.29 is 10.2 Å². The van der Waals surface area contributed by atoms with Gasteiger partial charge in [-0.3, -0.25) is 0 Å². The van der Waals surface area contributed by atoms with Crippen LogP contribution in [0, 0.1) is 19.8 Å². The van der Waals surface area contributed by atoms with Crippen LogP contribution in [-0.4, -0.2) is 10.2 Å². The molecule has 0 heterocycles. The van der Waals surface area contributed by atoms with E-state index < -0.39 is 0 Å². The normalized spacial score (nSPS) is 12.0. The summed E-state index contributed by atoms with van der Waals surface area (Å²) in [5, 5.41) is 22.0. The molecule has 0 fully saturated rings. The van der Waals surface area contributed by atoms with Crippen LogP contribution >= 0.6 is 0 Å². The number of benzene rings is 2. The maximum atomic E-state index is 11.0. The molecule has 0 aliphatic heterocycles. The van der Waals surface area contributed by atoms with Crippen LogP contribution in [0.15, 0.2) is 24.3 Å². The molecule has 2 N–H and O–H groups in total. The topological polar surface area (TPSA) is 40.5 Å². The molecule has 26 heavy (non-hydrogen) atoms. The van der Waals surface area contributed by atoms with Gasteiger partial charge in [-0.05, 0) is 42.7 Å². The molecular weight excluding hydrogens is 320 g/mol. The third-order valence-corrected chi connectivity index (χ3v) is 5.21. The summed E-state index contributed by atoms with van der Waals surface area (Å²) in [6.45, 7) is 16.8. The Kier molecular flexibility index (Phi) is 6.05. The standard InChI is InChI=1S/C24H34O2/c1-13(2)18-9-16(7)11-20(23(18)25)22(15(5)6)21-12-17(8)10-19(14(3)4)24(21)26/h9-15,22,25-26H,1-8H3. The lowest BCUT2D eigenvalue weighted by molar-refractivity contribution is 0.426. The quantitative estimate of drug-likeness (QED) is 0.623. The first-order valence-electron chi connectivity index (χ1n) is 9.71. The fourth-order valence-electron chi connectivity index (χ4n) is 3.91. The van der Waals surface area contributed by atoms with E-state index in [4.69, 9.17) is 0 Å². The molecule has 0 aromatic heterocycles. The number of rotatable bonds is 5. The van der Waals surface area contributed by atoms with Crippen LogP contribution in [0.3, 0.4) is 0 Å². The van der Waals surface area contributed by atoms with Gasteiger partial charge in [0, 0.05) is 17.0 Å². The van der Waals surface area contributed by atoms with Crippen molar-refractivity contribution in [1.29, 1.82) is 0 Å². The van der Waals surface area contributed by atoms with Crippen LogP contribution in [0.1, 0.15) is 92.7 Å². The Morgan fingerprint density at radius 3 is 1.15 bits per heavy atom. The van der Waals surface area contributed by atoms with Crippen molar-refractivity contribution in [3.8, 4) is 11.5 Å². The van der Waals surface area contributed by atoms with E-state index in [1.165, 1.54) is 0 Å². The summed E-state index contributed by atoms with van der Waals surface area (Å²) in [6, 6.07) is 8.28. The summed E-state index contributed by atoms with van der Waals surface area (Å²) >= 11 is 0. The number of hydrogen-bond acceptors (Lipinski definition) is 2. The molecule has 0 atom stereocenters. The van der Waals surface area contributed by atoms with Crippen LogP contribution in [0.5, 0.6) is 11.5 Å². The number of phenolic OH excluding ortho intramolecular Hbond substituents is 2. The SMILES string of the molecule is Cc1cc(C(C)C)c(O)c(C(c2cc(C)cc(C(C)C)c2O)C(C)C)c1. The van der Waals surface area contributed by atoms with Crippen LogP contribution in [0.2, 0.25) is 0 Å². The number of phenols is 2. The van der Waals surface area contributed by atoms with E-state index in [1.807, 2.05) is 0 Å². The predicted octanol–water partition coefficient (Wildman–Crippen LogP) is 6.75. The summed E-state index contributed by atoms with van der Waals surface area (Å²) in [5.41, 5.74) is 6.06. The molecule has 2 nitrogen and oxygen atoms in total. The zero-order valence-electron chi connectivity index (χ0n) is 17.5. The van der Waals surface area contributed by atoms with Gasteiger partial charge in [0.1, 0.15) is 11.5 Å². The molecule has 2 heteroatoms. The fourth-order valence-corrected chi connectivity index (χ4v) is 3.91. The molecule has 0 amide bonds. The number of aryl methyl sites for hydroxylation is 2. The monoisotopic (exact) mass is 354 g/mol. The molecular formula is C24H34O2. The Morgan fingerprint density at radius 2 is 0.885 bits per heavy atom. The first kappa shape index (κ1) is 20.4. The molecule has 0 radical (unpaired) electrons. The van der Waals surface area contributed by atoms with Crippen LogP contribution in [0.4, 0.5) is 0 Å². The second kappa shape index (κ2) is 7.73. The van der Waals surface area contributed by atoms with Crippen molar-refractivity contribution in [2.45, 2.75) is 73.1 Å². The highest BCUT2D eigenvalue weighted by atomic mass is 16.3. The molecule has 2 aromatic rings. The Balaban J connectivity index is 2.77. The molecule has 0 bridgehead atoms. The minimum Gasteiger partial charge on any atom is -0.507 e. The molecule has 2 rings (SSSR count). The van der Waals surface area contributed by atoms with Crippen LogP contribution in [-0.2, 0) is 0 Å². The van der Waals surface area contributed by atoms with Gasteiger partial charge >= 0.3 is 0 Å². The minimum atomic E-state index is -0.0511. The van der Waals surface area contributed by atoms with Gasteiger partial charge in [-0.1, -0.05) is 76.9 Å². The van der Waals surface area contributed by atoms with Crippen molar-refractivity contribution >= 4 is 0 Å². The van der Waals surface area contributed by atoms with Gasteiger partial charge in [0.15, 0.2) is 0 Å². The van der Waals surface area contributed by atoms with Gasteiger partial charge in [0.25, 0.3) is 0 Å². The zero-order valence-corrected chi connectivity index (χ0v) is 17.5. The van der Waals surface area contributed by atoms with E-state index in [9.17, 15) is 10.2 Å². The highest BCUT2D eigenvalue weighted by Crippen LogP contribution is 2.45. The van der Waals surface area contributed by atoms with E-state index in [0.717, 1.165) is 33.4 Å². The summed E-state index contributed by atoms with van der Waals surface area (Å²) in [4.78, 5) is 0. The summed E-state index contributed by atoms with van der Waals surface area (Å²) in [6.07, 6.45) is 0. The highest BCUT2D eigenvalue weighted by Gasteiger charge is 2.27. The lowest BCUT2D eigenvalue weighted by Crippen LogP contribution is -2.12. The molecule has 0 unspecified atom stereocenters. The van der Waals surface area contributed by atoms with Gasteiger partial charge in [-0.25, -0.2) is 0 Å². The lowest BCUT2D eigenvalue weighted by Gasteiger charge is -2.27.